The Labute approximate surface area is 121 Å². The SMILES string of the molecule is CCCN1CC2CN(c3ccc(CC)cc3F)CC2C1. The zero-order valence-electron chi connectivity index (χ0n) is 12.6. The molecule has 110 valence electrons. The van der Waals surface area contributed by atoms with Gasteiger partial charge in [-0.1, -0.05) is 19.9 Å². The van der Waals surface area contributed by atoms with E-state index in [4.69, 9.17) is 0 Å². The van der Waals surface area contributed by atoms with E-state index < -0.39 is 0 Å². The van der Waals surface area contributed by atoms with Crippen LogP contribution in [-0.2, 0) is 6.42 Å². The molecule has 2 unspecified atom stereocenters. The number of hydrogen-bond acceptors (Lipinski definition) is 2. The summed E-state index contributed by atoms with van der Waals surface area (Å²) in [6.45, 7) is 9.96. The Morgan fingerprint density at radius 3 is 2.35 bits per heavy atom. The van der Waals surface area contributed by atoms with Crippen molar-refractivity contribution in [3.8, 4) is 0 Å². The number of benzene rings is 1. The number of rotatable bonds is 4. The van der Waals surface area contributed by atoms with E-state index in [0.29, 0.717) is 0 Å². The monoisotopic (exact) mass is 276 g/mol. The molecule has 0 aromatic heterocycles. The number of aryl methyl sites for hydroxylation is 1. The first-order valence-electron chi connectivity index (χ1n) is 7.97. The van der Waals surface area contributed by atoms with Gasteiger partial charge in [-0.05, 0) is 48.9 Å². The van der Waals surface area contributed by atoms with Crippen LogP contribution in [0.3, 0.4) is 0 Å². The average Bonchev–Trinajstić information content (AvgIpc) is 2.97. The minimum absolute atomic E-state index is 0.0465. The largest absolute Gasteiger partial charge is 0.368 e. The van der Waals surface area contributed by atoms with Crippen molar-refractivity contribution < 1.29 is 4.39 Å². The highest BCUT2D eigenvalue weighted by molar-refractivity contribution is 5.50. The van der Waals surface area contributed by atoms with Gasteiger partial charge in [-0.25, -0.2) is 4.39 Å². The molecule has 0 spiro atoms. The zero-order chi connectivity index (χ0) is 14.1. The van der Waals surface area contributed by atoms with Gasteiger partial charge in [-0.2, -0.15) is 0 Å². The first-order valence-corrected chi connectivity index (χ1v) is 7.97. The summed E-state index contributed by atoms with van der Waals surface area (Å²) in [4.78, 5) is 4.83. The predicted molar refractivity (Wildman–Crippen MR) is 81.7 cm³/mol. The third kappa shape index (κ3) is 2.56. The van der Waals surface area contributed by atoms with E-state index in [1.165, 1.54) is 26.1 Å². The molecule has 2 atom stereocenters. The number of likely N-dealkylation sites (tertiary alicyclic amines) is 1. The van der Waals surface area contributed by atoms with Gasteiger partial charge in [0, 0.05) is 26.2 Å². The maximum absolute atomic E-state index is 14.2. The van der Waals surface area contributed by atoms with Crippen LogP contribution in [0.2, 0.25) is 0 Å². The molecular formula is C17H25FN2. The van der Waals surface area contributed by atoms with Gasteiger partial charge in [0.15, 0.2) is 0 Å². The minimum atomic E-state index is -0.0465. The van der Waals surface area contributed by atoms with E-state index in [1.807, 2.05) is 6.07 Å². The summed E-state index contributed by atoms with van der Waals surface area (Å²) >= 11 is 0. The lowest BCUT2D eigenvalue weighted by Crippen LogP contribution is -2.29. The second-order valence-corrected chi connectivity index (χ2v) is 6.32. The Hall–Kier alpha value is -1.09. The van der Waals surface area contributed by atoms with Gasteiger partial charge < -0.3 is 9.80 Å². The standard InChI is InChI=1S/C17H25FN2/c1-3-7-19-9-14-11-20(12-15(14)10-19)17-6-5-13(4-2)8-16(17)18/h5-6,8,14-15H,3-4,7,9-12H2,1-2H3. The van der Waals surface area contributed by atoms with Crippen molar-refractivity contribution in [2.45, 2.75) is 26.7 Å². The summed E-state index contributed by atoms with van der Waals surface area (Å²) in [5, 5.41) is 0. The fourth-order valence-electron chi connectivity index (χ4n) is 3.81. The normalized spacial score (nSPS) is 26.2. The van der Waals surface area contributed by atoms with E-state index in [1.54, 1.807) is 6.07 Å². The summed E-state index contributed by atoms with van der Waals surface area (Å²) in [5.74, 6) is 1.41. The van der Waals surface area contributed by atoms with Crippen LogP contribution in [0.5, 0.6) is 0 Å². The van der Waals surface area contributed by atoms with Crippen LogP contribution in [0, 0.1) is 17.7 Å². The quantitative estimate of drug-likeness (QED) is 0.833. The number of hydrogen-bond donors (Lipinski definition) is 0. The Bertz CT molecular complexity index is 460. The lowest BCUT2D eigenvalue weighted by Gasteiger charge is -2.23. The van der Waals surface area contributed by atoms with Crippen molar-refractivity contribution >= 4 is 5.69 Å². The lowest BCUT2D eigenvalue weighted by atomic mass is 10.0. The Morgan fingerprint density at radius 1 is 1.10 bits per heavy atom. The molecular weight excluding hydrogens is 251 g/mol. The summed E-state index contributed by atoms with van der Waals surface area (Å²) < 4.78 is 14.2. The predicted octanol–water partition coefficient (Wildman–Crippen LogP) is 3.17. The van der Waals surface area contributed by atoms with Gasteiger partial charge in [0.1, 0.15) is 5.82 Å². The summed E-state index contributed by atoms with van der Waals surface area (Å²) in [6, 6.07) is 5.74. The van der Waals surface area contributed by atoms with Gasteiger partial charge >= 0.3 is 0 Å². The Balaban J connectivity index is 1.67. The molecule has 2 fully saturated rings. The molecule has 0 N–H and O–H groups in total. The number of nitrogens with zero attached hydrogens (tertiary/aromatic N) is 2. The molecule has 2 saturated heterocycles. The second-order valence-electron chi connectivity index (χ2n) is 6.32. The molecule has 0 bridgehead atoms. The Kier molecular flexibility index (Phi) is 3.97. The zero-order valence-corrected chi connectivity index (χ0v) is 12.6. The van der Waals surface area contributed by atoms with Crippen molar-refractivity contribution in [1.82, 2.24) is 4.90 Å². The molecule has 2 nitrogen and oxygen atoms in total. The van der Waals surface area contributed by atoms with Crippen molar-refractivity contribution in [2.24, 2.45) is 11.8 Å². The lowest BCUT2D eigenvalue weighted by molar-refractivity contribution is 0.317. The molecule has 0 radical (unpaired) electrons. The molecule has 3 heteroatoms. The first-order chi connectivity index (χ1) is 9.71. The van der Waals surface area contributed by atoms with Crippen molar-refractivity contribution in [2.75, 3.05) is 37.6 Å². The van der Waals surface area contributed by atoms with Gasteiger partial charge in [0.05, 0.1) is 5.69 Å². The van der Waals surface area contributed by atoms with Crippen LogP contribution in [-0.4, -0.2) is 37.6 Å². The van der Waals surface area contributed by atoms with Crippen LogP contribution in [0.1, 0.15) is 25.8 Å². The molecule has 20 heavy (non-hydrogen) atoms. The smallest absolute Gasteiger partial charge is 0.146 e. The van der Waals surface area contributed by atoms with E-state index in [-0.39, 0.29) is 5.82 Å². The van der Waals surface area contributed by atoms with Gasteiger partial charge in [-0.15, -0.1) is 0 Å². The molecule has 2 aliphatic heterocycles. The third-order valence-corrected chi connectivity index (χ3v) is 4.86. The van der Waals surface area contributed by atoms with Gasteiger partial charge in [0.2, 0.25) is 0 Å². The summed E-state index contributed by atoms with van der Waals surface area (Å²) in [7, 11) is 0. The number of halogens is 1. The van der Waals surface area contributed by atoms with Crippen molar-refractivity contribution in [3.05, 3.63) is 29.6 Å². The van der Waals surface area contributed by atoms with Crippen LogP contribution in [0.4, 0.5) is 10.1 Å². The number of anilines is 1. The van der Waals surface area contributed by atoms with Gasteiger partial charge in [0.25, 0.3) is 0 Å². The second kappa shape index (κ2) is 5.72. The van der Waals surface area contributed by atoms with Crippen LogP contribution >= 0.6 is 0 Å². The molecule has 0 saturated carbocycles. The maximum Gasteiger partial charge on any atom is 0.146 e. The highest BCUT2D eigenvalue weighted by atomic mass is 19.1. The third-order valence-electron chi connectivity index (χ3n) is 4.86. The van der Waals surface area contributed by atoms with Crippen molar-refractivity contribution in [1.29, 1.82) is 0 Å². The van der Waals surface area contributed by atoms with E-state index in [2.05, 4.69) is 29.7 Å². The molecule has 1 aromatic carbocycles. The van der Waals surface area contributed by atoms with Crippen LogP contribution < -0.4 is 4.90 Å². The van der Waals surface area contributed by atoms with E-state index in [0.717, 1.165) is 42.6 Å². The minimum Gasteiger partial charge on any atom is -0.368 e. The molecule has 0 amide bonds. The first kappa shape index (κ1) is 13.9. The number of fused-ring (bicyclic) bond motifs is 1. The highest BCUT2D eigenvalue weighted by Crippen LogP contribution is 2.35. The van der Waals surface area contributed by atoms with Crippen LogP contribution in [0.25, 0.3) is 0 Å². The topological polar surface area (TPSA) is 6.48 Å². The van der Waals surface area contributed by atoms with E-state index in [9.17, 15) is 4.39 Å². The van der Waals surface area contributed by atoms with Crippen LogP contribution in [0.15, 0.2) is 18.2 Å². The van der Waals surface area contributed by atoms with E-state index >= 15 is 0 Å². The fraction of sp³-hybridized carbons (Fsp3) is 0.647. The fourth-order valence-corrected chi connectivity index (χ4v) is 3.81. The maximum atomic E-state index is 14.2. The summed E-state index contributed by atoms with van der Waals surface area (Å²) in [5.41, 5.74) is 1.89. The molecule has 0 aliphatic carbocycles. The average molecular weight is 276 g/mol. The molecule has 1 aromatic rings. The highest BCUT2D eigenvalue weighted by Gasteiger charge is 2.40. The van der Waals surface area contributed by atoms with Crippen molar-refractivity contribution in [3.63, 3.8) is 0 Å². The molecule has 2 heterocycles. The molecule has 2 aliphatic rings. The summed E-state index contributed by atoms with van der Waals surface area (Å²) in [6.07, 6.45) is 2.13. The van der Waals surface area contributed by atoms with Gasteiger partial charge in [-0.3, -0.25) is 0 Å². The Morgan fingerprint density at radius 2 is 1.80 bits per heavy atom. The molecule has 3 rings (SSSR count).